The molecule has 2 N–H and O–H groups in total. The fourth-order valence-electron chi connectivity index (χ4n) is 7.24. The van der Waals surface area contributed by atoms with E-state index in [2.05, 4.69) is 0 Å². The third-order valence-corrected chi connectivity index (χ3v) is 8.70. The van der Waals surface area contributed by atoms with Crippen LogP contribution in [-0.2, 0) is 9.59 Å². The summed E-state index contributed by atoms with van der Waals surface area (Å²) in [7, 11) is 0. The number of fused-ring (bicyclic) bond motifs is 5. The van der Waals surface area contributed by atoms with Crippen molar-refractivity contribution in [1.82, 2.24) is 0 Å². The Morgan fingerprint density at radius 3 is 2.59 bits per heavy atom. The minimum Gasteiger partial charge on any atom is -0.390 e. The minimum atomic E-state index is -2.12. The Morgan fingerprint density at radius 2 is 1.93 bits per heavy atom. The van der Waals surface area contributed by atoms with E-state index in [9.17, 15) is 19.8 Å². The van der Waals surface area contributed by atoms with Gasteiger partial charge in [-0.3, -0.25) is 9.59 Å². The van der Waals surface area contributed by atoms with Crippen molar-refractivity contribution in [3.63, 3.8) is 0 Å². The highest BCUT2D eigenvalue weighted by Gasteiger charge is 2.71. The summed E-state index contributed by atoms with van der Waals surface area (Å²) in [6.07, 6.45) is 2.22. The van der Waals surface area contributed by atoms with Gasteiger partial charge >= 0.3 is 0 Å². The first kappa shape index (κ1) is 20.9. The minimum absolute atomic E-state index is 0.0788. The molecule has 0 bridgehead atoms. The van der Waals surface area contributed by atoms with Gasteiger partial charge in [0.25, 0.3) is 0 Å². The molecule has 4 aliphatic carbocycles. The number of Topliss-reactive ketones (excluding diaryl/α,β-unsaturated/α-hetero) is 1. The first-order chi connectivity index (χ1) is 13.5. The average molecular weight is 408 g/mol. The number of halogens is 2. The Hall–Kier alpha value is -1.40. The van der Waals surface area contributed by atoms with E-state index in [-0.39, 0.29) is 41.8 Å². The summed E-state index contributed by atoms with van der Waals surface area (Å²) in [6.45, 7) is 4.90. The van der Waals surface area contributed by atoms with Crippen molar-refractivity contribution >= 4 is 11.6 Å². The van der Waals surface area contributed by atoms with Crippen molar-refractivity contribution in [3.05, 3.63) is 23.8 Å². The van der Waals surface area contributed by atoms with E-state index >= 15 is 8.78 Å². The average Bonchev–Trinajstić information content (AvgIpc) is 2.66. The van der Waals surface area contributed by atoms with E-state index < -0.39 is 47.2 Å². The number of aliphatic hydroxyl groups excluding tert-OH is 2. The molecule has 0 aromatic rings. The lowest BCUT2D eigenvalue weighted by molar-refractivity contribution is -0.224. The number of rotatable bonds is 2. The molecule has 2 unspecified atom stereocenters. The monoisotopic (exact) mass is 408 g/mol. The van der Waals surface area contributed by atoms with Crippen LogP contribution in [0.15, 0.2) is 23.8 Å². The van der Waals surface area contributed by atoms with Crippen molar-refractivity contribution in [2.75, 3.05) is 6.61 Å². The van der Waals surface area contributed by atoms with Gasteiger partial charge in [0.2, 0.25) is 0 Å². The molecule has 0 amide bonds. The highest BCUT2D eigenvalue weighted by Crippen LogP contribution is 2.68. The molecule has 6 heteroatoms. The fraction of sp³-hybridized carbons (Fsp3) is 0.739. The number of allylic oxidation sites excluding steroid dienone is 4. The van der Waals surface area contributed by atoms with Gasteiger partial charge in [0, 0.05) is 17.3 Å². The van der Waals surface area contributed by atoms with Gasteiger partial charge in [-0.1, -0.05) is 19.9 Å². The van der Waals surface area contributed by atoms with Gasteiger partial charge in [0.15, 0.2) is 17.2 Å². The van der Waals surface area contributed by atoms with Crippen molar-refractivity contribution in [1.29, 1.82) is 0 Å². The number of carbonyl (C=O) groups excluding carboxylic acids is 2. The summed E-state index contributed by atoms with van der Waals surface area (Å²) >= 11 is 0. The molecular formula is C23H30F2O4. The molecule has 3 saturated carbocycles. The molecule has 0 aliphatic heterocycles. The Bertz CT molecular complexity index is 807. The predicted molar refractivity (Wildman–Crippen MR) is 103 cm³/mol. The zero-order chi connectivity index (χ0) is 21.4. The SMILES string of the molecule is C[C@H]1C[C@H](C(=O)CO)[C@@]2(C)CC(O)[C@@]3(F)C(C[C@H](F)C4=CC(=O)C=C[C@@]43C)[C@@H]2C1. The maximum Gasteiger partial charge on any atom is 0.178 e. The van der Waals surface area contributed by atoms with Gasteiger partial charge in [-0.15, -0.1) is 0 Å². The molecule has 3 fully saturated rings. The highest BCUT2D eigenvalue weighted by atomic mass is 19.1. The van der Waals surface area contributed by atoms with Crippen LogP contribution in [0.25, 0.3) is 0 Å². The van der Waals surface area contributed by atoms with Crippen molar-refractivity contribution in [3.8, 4) is 0 Å². The van der Waals surface area contributed by atoms with Crippen molar-refractivity contribution < 1.29 is 28.6 Å². The molecular weight excluding hydrogens is 378 g/mol. The highest BCUT2D eigenvalue weighted by molar-refractivity contribution is 6.01. The standard InChI is InChI=1S/C23H30F2O4/c1-12-6-14-15-9-18(24)16-8-13(27)4-5-22(16,3)23(15,25)20(29)10-21(14,2)17(7-12)19(28)11-26/h4-5,8,12,14-15,17-18,20,26,29H,6-7,9-11H2,1-3H3/t12-,14+,15?,17-,18+,20?,21+,22+,23+/m1/s1. The molecule has 4 aliphatic rings. The molecule has 0 radical (unpaired) electrons. The van der Waals surface area contributed by atoms with Gasteiger partial charge in [-0.2, -0.15) is 0 Å². The number of carbonyl (C=O) groups is 2. The lowest BCUT2D eigenvalue weighted by atomic mass is 9.40. The van der Waals surface area contributed by atoms with Gasteiger partial charge < -0.3 is 10.2 Å². The quantitative estimate of drug-likeness (QED) is 0.736. The first-order valence-corrected chi connectivity index (χ1v) is 10.6. The van der Waals surface area contributed by atoms with Crippen LogP contribution in [0.5, 0.6) is 0 Å². The van der Waals surface area contributed by atoms with Gasteiger partial charge in [-0.25, -0.2) is 8.78 Å². The lowest BCUT2D eigenvalue weighted by Gasteiger charge is -2.65. The Morgan fingerprint density at radius 1 is 1.24 bits per heavy atom. The summed E-state index contributed by atoms with van der Waals surface area (Å²) in [5.74, 6) is -2.06. The van der Waals surface area contributed by atoms with E-state index in [1.54, 1.807) is 6.92 Å². The van der Waals surface area contributed by atoms with Gasteiger partial charge in [0.05, 0.1) is 6.10 Å². The second-order valence-electron chi connectivity index (χ2n) is 10.2. The maximum atomic E-state index is 17.0. The van der Waals surface area contributed by atoms with Gasteiger partial charge in [-0.05, 0) is 67.6 Å². The van der Waals surface area contributed by atoms with E-state index in [0.717, 1.165) is 0 Å². The van der Waals surface area contributed by atoms with Crippen LogP contribution in [-0.4, -0.2) is 46.3 Å². The molecule has 0 aromatic heterocycles. The lowest BCUT2D eigenvalue weighted by Crippen LogP contribution is -2.70. The van der Waals surface area contributed by atoms with Crippen LogP contribution in [0, 0.1) is 34.5 Å². The third-order valence-electron chi connectivity index (χ3n) is 8.70. The van der Waals surface area contributed by atoms with Crippen LogP contribution in [0.3, 0.4) is 0 Å². The molecule has 160 valence electrons. The molecule has 0 spiro atoms. The summed E-state index contributed by atoms with van der Waals surface area (Å²) in [6, 6.07) is 0. The number of aliphatic hydroxyl groups is 2. The zero-order valence-corrected chi connectivity index (χ0v) is 17.2. The molecule has 9 atom stereocenters. The number of ketones is 2. The van der Waals surface area contributed by atoms with Crippen LogP contribution >= 0.6 is 0 Å². The number of hydrogen-bond donors (Lipinski definition) is 2. The third kappa shape index (κ3) is 2.61. The normalized spacial score (nSPS) is 51.6. The van der Waals surface area contributed by atoms with Crippen LogP contribution < -0.4 is 0 Å². The van der Waals surface area contributed by atoms with Crippen molar-refractivity contribution in [2.24, 2.45) is 34.5 Å². The Kier molecular flexibility index (Phi) is 4.71. The zero-order valence-electron chi connectivity index (χ0n) is 17.2. The molecule has 0 heterocycles. The first-order valence-electron chi connectivity index (χ1n) is 10.6. The predicted octanol–water partition coefficient (Wildman–Crippen LogP) is 3.12. The van der Waals surface area contributed by atoms with E-state index in [1.165, 1.54) is 18.2 Å². The molecule has 29 heavy (non-hydrogen) atoms. The summed E-state index contributed by atoms with van der Waals surface area (Å²) in [4.78, 5) is 24.4. The maximum absolute atomic E-state index is 17.0. The molecule has 4 rings (SSSR count). The smallest absolute Gasteiger partial charge is 0.178 e. The summed E-state index contributed by atoms with van der Waals surface area (Å²) in [5, 5.41) is 20.6. The number of alkyl halides is 2. The second kappa shape index (κ2) is 6.55. The summed E-state index contributed by atoms with van der Waals surface area (Å²) in [5.41, 5.74) is -4.11. The second-order valence-corrected chi connectivity index (χ2v) is 10.2. The fourth-order valence-corrected chi connectivity index (χ4v) is 7.24. The van der Waals surface area contributed by atoms with Gasteiger partial charge in [0.1, 0.15) is 12.8 Å². The molecule has 4 nitrogen and oxygen atoms in total. The van der Waals surface area contributed by atoms with E-state index in [0.29, 0.717) is 12.8 Å². The van der Waals surface area contributed by atoms with E-state index in [4.69, 9.17) is 0 Å². The van der Waals surface area contributed by atoms with Crippen LogP contribution in [0.2, 0.25) is 0 Å². The summed E-state index contributed by atoms with van der Waals surface area (Å²) < 4.78 is 32.3. The Labute approximate surface area is 170 Å². The van der Waals surface area contributed by atoms with Crippen LogP contribution in [0.1, 0.15) is 46.5 Å². The van der Waals surface area contributed by atoms with Crippen molar-refractivity contribution in [2.45, 2.75) is 64.4 Å². The topological polar surface area (TPSA) is 74.6 Å². The largest absolute Gasteiger partial charge is 0.390 e. The Balaban J connectivity index is 1.84. The molecule has 0 aromatic carbocycles. The van der Waals surface area contributed by atoms with Crippen LogP contribution in [0.4, 0.5) is 8.78 Å². The molecule has 0 saturated heterocycles. The number of hydrogen-bond acceptors (Lipinski definition) is 4. The van der Waals surface area contributed by atoms with E-state index in [1.807, 2.05) is 13.8 Å².